The molecule has 0 aliphatic heterocycles. The van der Waals surface area contributed by atoms with Crippen LogP contribution in [-0.4, -0.2) is 26.2 Å². The molecule has 0 aliphatic rings. The van der Waals surface area contributed by atoms with Gasteiger partial charge in [-0.1, -0.05) is 0 Å². The lowest BCUT2D eigenvalue weighted by atomic mass is 10.3. The molecule has 0 saturated carbocycles. The van der Waals surface area contributed by atoms with Gasteiger partial charge in [-0.05, 0) is 41.1 Å². The topological polar surface area (TPSA) is 66.4 Å². The highest BCUT2D eigenvalue weighted by molar-refractivity contribution is 9.10. The van der Waals surface area contributed by atoms with Gasteiger partial charge in [0.15, 0.2) is 0 Å². The predicted octanol–water partition coefficient (Wildman–Crippen LogP) is 1.25. The van der Waals surface area contributed by atoms with Gasteiger partial charge in [0, 0.05) is 10.5 Å². The monoisotopic (exact) mass is 311 g/mol. The average molecular weight is 312 g/mol. The molecule has 16 heavy (non-hydrogen) atoms. The van der Waals surface area contributed by atoms with E-state index in [2.05, 4.69) is 20.7 Å². The first-order chi connectivity index (χ1) is 7.36. The van der Waals surface area contributed by atoms with E-state index >= 15 is 0 Å². The van der Waals surface area contributed by atoms with Crippen LogP contribution in [0.15, 0.2) is 27.6 Å². The fourth-order valence-electron chi connectivity index (χ4n) is 1.05. The first-order valence-electron chi connectivity index (χ1n) is 4.45. The summed E-state index contributed by atoms with van der Waals surface area (Å²) in [5, 5.41) is 8.76. The van der Waals surface area contributed by atoms with Crippen LogP contribution in [0.3, 0.4) is 0 Å². The lowest BCUT2D eigenvalue weighted by molar-refractivity contribution is 0.265. The minimum absolute atomic E-state index is 0.187. The molecule has 0 saturated heterocycles. The van der Waals surface area contributed by atoms with Gasteiger partial charge in [-0.2, -0.15) is 0 Å². The molecule has 1 atom stereocenters. The van der Waals surface area contributed by atoms with E-state index in [1.165, 1.54) is 13.0 Å². The van der Waals surface area contributed by atoms with Crippen LogP contribution in [0, 0.1) is 5.82 Å². The number of nitrogens with one attached hydrogen (secondary N) is 1. The number of hydrogen-bond donors (Lipinski definition) is 2. The third kappa shape index (κ3) is 3.24. The van der Waals surface area contributed by atoms with Crippen LogP contribution < -0.4 is 4.72 Å². The van der Waals surface area contributed by atoms with Crippen molar-refractivity contribution in [3.63, 3.8) is 0 Å². The smallest absolute Gasteiger partial charge is 0.242 e. The SMILES string of the molecule is CC(CO)NS(=O)(=O)c1cc(F)ccc1Br. The molecular weight excluding hydrogens is 301 g/mol. The van der Waals surface area contributed by atoms with Crippen molar-refractivity contribution in [2.45, 2.75) is 17.9 Å². The van der Waals surface area contributed by atoms with Crippen LogP contribution in [-0.2, 0) is 10.0 Å². The van der Waals surface area contributed by atoms with Gasteiger partial charge in [-0.15, -0.1) is 0 Å². The molecule has 0 fully saturated rings. The standard InChI is InChI=1S/C9H11BrFNO3S/c1-6(5-13)12-16(14,15)9-4-7(11)2-3-8(9)10/h2-4,6,12-13H,5H2,1H3. The van der Waals surface area contributed by atoms with Crippen molar-refractivity contribution < 1.29 is 17.9 Å². The summed E-state index contributed by atoms with van der Waals surface area (Å²) < 4.78 is 38.9. The lowest BCUT2D eigenvalue weighted by Gasteiger charge is -2.12. The molecule has 90 valence electrons. The molecule has 2 N–H and O–H groups in total. The Hall–Kier alpha value is -0.500. The molecule has 0 amide bonds. The first kappa shape index (κ1) is 13.6. The highest BCUT2D eigenvalue weighted by Crippen LogP contribution is 2.22. The second kappa shape index (κ2) is 5.22. The highest BCUT2D eigenvalue weighted by Gasteiger charge is 2.20. The number of halogens is 2. The Kier molecular flexibility index (Phi) is 4.43. The Morgan fingerprint density at radius 3 is 2.75 bits per heavy atom. The summed E-state index contributed by atoms with van der Waals surface area (Å²) in [5.74, 6) is -0.639. The number of aliphatic hydroxyl groups is 1. The van der Waals surface area contributed by atoms with Gasteiger partial charge >= 0.3 is 0 Å². The van der Waals surface area contributed by atoms with E-state index in [0.29, 0.717) is 0 Å². The van der Waals surface area contributed by atoms with Crippen molar-refractivity contribution >= 4 is 26.0 Å². The van der Waals surface area contributed by atoms with E-state index in [1.807, 2.05) is 0 Å². The van der Waals surface area contributed by atoms with Gasteiger partial charge in [-0.3, -0.25) is 0 Å². The van der Waals surface area contributed by atoms with Crippen LogP contribution in [0.25, 0.3) is 0 Å². The molecule has 1 unspecified atom stereocenters. The molecule has 0 bridgehead atoms. The van der Waals surface area contributed by atoms with Gasteiger partial charge in [0.2, 0.25) is 10.0 Å². The number of rotatable bonds is 4. The second-order valence-electron chi connectivity index (χ2n) is 3.28. The summed E-state index contributed by atoms with van der Waals surface area (Å²) in [6.45, 7) is 1.18. The summed E-state index contributed by atoms with van der Waals surface area (Å²) in [5.41, 5.74) is 0. The molecule has 0 radical (unpaired) electrons. The summed E-state index contributed by atoms with van der Waals surface area (Å²) in [6.07, 6.45) is 0. The molecule has 1 rings (SSSR count). The molecule has 0 aliphatic carbocycles. The number of aliphatic hydroxyl groups excluding tert-OH is 1. The van der Waals surface area contributed by atoms with Crippen molar-refractivity contribution in [2.24, 2.45) is 0 Å². The van der Waals surface area contributed by atoms with E-state index in [0.717, 1.165) is 12.1 Å². The van der Waals surface area contributed by atoms with Gasteiger partial charge in [-0.25, -0.2) is 17.5 Å². The van der Waals surface area contributed by atoms with Gasteiger partial charge < -0.3 is 5.11 Å². The van der Waals surface area contributed by atoms with Gasteiger partial charge in [0.25, 0.3) is 0 Å². The molecular formula is C9H11BrFNO3S. The third-order valence-corrected chi connectivity index (χ3v) is 4.40. The fourth-order valence-corrected chi connectivity index (χ4v) is 3.26. The summed E-state index contributed by atoms with van der Waals surface area (Å²) in [4.78, 5) is -0.187. The average Bonchev–Trinajstić information content (AvgIpc) is 2.20. The Labute approximate surface area is 102 Å². The van der Waals surface area contributed by atoms with Crippen LogP contribution in [0.2, 0.25) is 0 Å². The summed E-state index contributed by atoms with van der Waals surface area (Å²) >= 11 is 3.03. The Morgan fingerprint density at radius 2 is 2.19 bits per heavy atom. The summed E-state index contributed by atoms with van der Waals surface area (Å²) in [7, 11) is -3.82. The highest BCUT2D eigenvalue weighted by atomic mass is 79.9. The zero-order valence-corrected chi connectivity index (χ0v) is 10.8. The van der Waals surface area contributed by atoms with E-state index in [9.17, 15) is 12.8 Å². The van der Waals surface area contributed by atoms with Crippen LogP contribution >= 0.6 is 15.9 Å². The Morgan fingerprint density at radius 1 is 1.56 bits per heavy atom. The minimum Gasteiger partial charge on any atom is -0.395 e. The molecule has 1 aromatic carbocycles. The van der Waals surface area contributed by atoms with Crippen LogP contribution in [0.5, 0.6) is 0 Å². The van der Waals surface area contributed by atoms with Crippen LogP contribution in [0.4, 0.5) is 4.39 Å². The fraction of sp³-hybridized carbons (Fsp3) is 0.333. The van der Waals surface area contributed by atoms with E-state index in [1.54, 1.807) is 0 Å². The van der Waals surface area contributed by atoms with Crippen LogP contribution in [0.1, 0.15) is 6.92 Å². The number of benzene rings is 1. The number of sulfonamides is 1. The minimum atomic E-state index is -3.82. The van der Waals surface area contributed by atoms with Crippen molar-refractivity contribution in [2.75, 3.05) is 6.61 Å². The molecule has 7 heteroatoms. The largest absolute Gasteiger partial charge is 0.395 e. The maximum absolute atomic E-state index is 12.9. The van der Waals surface area contributed by atoms with Crippen molar-refractivity contribution in [1.82, 2.24) is 4.72 Å². The maximum atomic E-state index is 12.9. The third-order valence-electron chi connectivity index (χ3n) is 1.81. The van der Waals surface area contributed by atoms with Gasteiger partial charge in [0.05, 0.1) is 11.5 Å². The zero-order chi connectivity index (χ0) is 12.3. The van der Waals surface area contributed by atoms with Crippen molar-refractivity contribution in [3.8, 4) is 0 Å². The quantitative estimate of drug-likeness (QED) is 0.879. The Balaban J connectivity index is 3.12. The molecule has 0 heterocycles. The summed E-state index contributed by atoms with van der Waals surface area (Å²) in [6, 6.07) is 2.75. The molecule has 0 spiro atoms. The molecule has 4 nitrogen and oxygen atoms in total. The first-order valence-corrected chi connectivity index (χ1v) is 6.72. The molecule has 0 aromatic heterocycles. The Bertz CT molecular complexity index is 478. The van der Waals surface area contributed by atoms with Crippen molar-refractivity contribution in [3.05, 3.63) is 28.5 Å². The second-order valence-corrected chi connectivity index (χ2v) is 5.82. The zero-order valence-electron chi connectivity index (χ0n) is 8.44. The van der Waals surface area contributed by atoms with Gasteiger partial charge in [0.1, 0.15) is 5.82 Å². The van der Waals surface area contributed by atoms with Crippen molar-refractivity contribution in [1.29, 1.82) is 0 Å². The number of hydrogen-bond acceptors (Lipinski definition) is 3. The predicted molar refractivity (Wildman–Crippen MR) is 61.0 cm³/mol. The normalized spacial score (nSPS) is 13.8. The van der Waals surface area contributed by atoms with E-state index in [-0.39, 0.29) is 16.0 Å². The lowest BCUT2D eigenvalue weighted by Crippen LogP contribution is -2.35. The maximum Gasteiger partial charge on any atom is 0.242 e. The van der Waals surface area contributed by atoms with E-state index in [4.69, 9.17) is 5.11 Å². The van der Waals surface area contributed by atoms with E-state index < -0.39 is 21.9 Å². The molecule has 1 aromatic rings.